The van der Waals surface area contributed by atoms with Crippen LogP contribution in [0.1, 0.15) is 55.5 Å². The number of amides is 3. The number of carbonyl (C=O) groups is 3. The van der Waals surface area contributed by atoms with Gasteiger partial charge in [-0.05, 0) is 135 Å². The molecule has 17 rings (SSSR count). The van der Waals surface area contributed by atoms with E-state index in [2.05, 4.69) is 86.7 Å². The number of nitrogens with one attached hydrogen (secondary N) is 7. The van der Waals surface area contributed by atoms with Gasteiger partial charge in [0.1, 0.15) is 0 Å². The highest BCUT2D eigenvalue weighted by Crippen LogP contribution is 2.42. The van der Waals surface area contributed by atoms with E-state index in [9.17, 15) is 27.6 Å². The minimum atomic E-state index is -4.40. The Morgan fingerprint density at radius 2 is 1.11 bits per heavy atom. The van der Waals surface area contributed by atoms with Crippen molar-refractivity contribution in [2.45, 2.75) is 57.8 Å². The van der Waals surface area contributed by atoms with Crippen molar-refractivity contribution in [1.82, 2.24) is 40.8 Å². The number of hydrogen-bond donors (Lipinski definition) is 7. The van der Waals surface area contributed by atoms with Crippen molar-refractivity contribution in [2.75, 3.05) is 117 Å². The molecule has 4 bridgehead atoms. The monoisotopic (exact) mass is 1270 g/mol. The van der Waals surface area contributed by atoms with Crippen molar-refractivity contribution in [3.05, 3.63) is 148 Å². The van der Waals surface area contributed by atoms with Gasteiger partial charge in [-0.1, -0.05) is 41.7 Å². The molecule has 8 aliphatic rings. The van der Waals surface area contributed by atoms with Crippen molar-refractivity contribution < 1.29 is 27.6 Å². The smallest absolute Gasteiger partial charge is 0.370 e. The number of nitrogens with zero attached hydrogens (tertiary/aromatic N) is 6. The van der Waals surface area contributed by atoms with Gasteiger partial charge in [0.15, 0.2) is 0 Å². The summed E-state index contributed by atoms with van der Waals surface area (Å²) < 4.78 is 39.7. The fraction of sp³-hybridized carbons (Fsp3) is 0.388. The third-order valence-corrected chi connectivity index (χ3v) is 19.2. The number of aromatic amines is 4. The summed E-state index contributed by atoms with van der Waals surface area (Å²) in [6.45, 7) is 14.5. The minimum absolute atomic E-state index is 0.0282. The maximum atomic E-state index is 13.2. The Hall–Kier alpha value is -7.71. The maximum absolute atomic E-state index is 13.2. The van der Waals surface area contributed by atoms with Crippen LogP contribution in [-0.4, -0.2) is 147 Å². The average Bonchev–Trinajstić information content (AvgIpc) is 1.81. The summed E-state index contributed by atoms with van der Waals surface area (Å²) in [7, 11) is 3.44. The highest BCUT2D eigenvalue weighted by atomic mass is 35.5. The van der Waals surface area contributed by atoms with E-state index in [1.54, 1.807) is 38.2 Å². The van der Waals surface area contributed by atoms with E-state index >= 15 is 0 Å². The summed E-state index contributed by atoms with van der Waals surface area (Å²) in [4.78, 5) is 60.9. The number of carbonyl (C=O) groups excluding carboxylic acids is 3. The summed E-state index contributed by atoms with van der Waals surface area (Å²) in [5, 5.41) is 16.0. The van der Waals surface area contributed by atoms with E-state index in [1.807, 2.05) is 78.1 Å². The number of benzene rings is 5. The number of likely N-dealkylation sites (N-methyl/N-ethyl adjacent to an activating group) is 1. The second kappa shape index (κ2) is 25.6. The van der Waals surface area contributed by atoms with Gasteiger partial charge in [-0.25, -0.2) is 0 Å². The number of rotatable bonds is 8. The Bertz CT molecular complexity index is 4000. The number of piperidine rings is 2. The molecular weight excluding hydrogens is 1200 g/mol. The number of halogens is 6. The first-order chi connectivity index (χ1) is 42.8. The lowest BCUT2D eigenvalue weighted by Gasteiger charge is -2.49. The van der Waals surface area contributed by atoms with E-state index < -0.39 is 11.7 Å². The first kappa shape index (κ1) is 61.5. The topological polar surface area (TPSA) is 170 Å². The lowest BCUT2D eigenvalue weighted by Crippen LogP contribution is -2.59. The summed E-state index contributed by atoms with van der Waals surface area (Å²) in [5.41, 5.74) is 9.22. The molecule has 5 aromatic carbocycles. The van der Waals surface area contributed by atoms with Crippen LogP contribution in [-0.2, 0) is 15.8 Å². The van der Waals surface area contributed by atoms with Gasteiger partial charge in [-0.15, -0.1) is 0 Å². The number of H-pyrrole nitrogens is 4. The Balaban J connectivity index is 0.000000116. The van der Waals surface area contributed by atoms with Crippen LogP contribution < -0.4 is 40.4 Å². The number of fused-ring (bicyclic) bond motifs is 12. The van der Waals surface area contributed by atoms with Crippen molar-refractivity contribution in [3.63, 3.8) is 0 Å². The van der Waals surface area contributed by atoms with Crippen LogP contribution in [0.25, 0.3) is 43.6 Å². The molecule has 12 heterocycles. The van der Waals surface area contributed by atoms with E-state index in [4.69, 9.17) is 34.8 Å². The molecule has 0 saturated carbocycles. The Kier molecular flexibility index (Phi) is 17.7. The van der Waals surface area contributed by atoms with Gasteiger partial charge >= 0.3 is 6.18 Å². The van der Waals surface area contributed by atoms with Gasteiger partial charge in [0, 0.05) is 228 Å². The zero-order chi connectivity index (χ0) is 62.3. The van der Waals surface area contributed by atoms with Gasteiger partial charge < -0.3 is 65.3 Å². The van der Waals surface area contributed by atoms with Gasteiger partial charge in [-0.3, -0.25) is 14.4 Å². The van der Waals surface area contributed by atoms with Crippen molar-refractivity contribution in [2.24, 2.45) is 17.3 Å². The van der Waals surface area contributed by atoms with E-state index in [-0.39, 0.29) is 35.1 Å². The molecule has 9 aromatic rings. The molecule has 89 heavy (non-hydrogen) atoms. The molecule has 4 aromatic heterocycles. The molecule has 8 aliphatic heterocycles. The Morgan fingerprint density at radius 3 is 1.63 bits per heavy atom. The molecule has 468 valence electrons. The lowest BCUT2D eigenvalue weighted by molar-refractivity contribution is -0.138. The van der Waals surface area contributed by atoms with Crippen molar-refractivity contribution >= 4 is 125 Å². The fourth-order valence-electron chi connectivity index (χ4n) is 13.9. The van der Waals surface area contributed by atoms with Gasteiger partial charge in [0.2, 0.25) is 11.8 Å². The molecule has 16 nitrogen and oxygen atoms in total. The van der Waals surface area contributed by atoms with Gasteiger partial charge in [-0.2, -0.15) is 13.2 Å². The van der Waals surface area contributed by atoms with Crippen LogP contribution in [0.2, 0.25) is 15.1 Å². The molecule has 0 radical (unpaired) electrons. The van der Waals surface area contributed by atoms with Crippen LogP contribution in [0, 0.1) is 17.3 Å². The standard InChI is InChI=1S/C20H21ClN4O.C17H18F3N3O.C15H18ClN3O.C15H18ClN3/c1-22-20(26)14-2-4-16(5-3-14)24-8-10-25(11-9-24)19-13-15(21)12-18-17(19)6-7-23-18;1-22-12-3-2-10(16(22)24)8-23(9-12)15-7-11(17(18,19)20)6-14-13(15)4-5-21-14;1-10(20)18-7-15(2)8-19(9-15)14-6-11(16)5-13-12(14)3-4-17-13;16-11-5-14-13(3-4-17-14)15(6-11)19-8-10-1-2-12(9-19)18-7-10/h2-7,12-13,23H,8-11H2,1H3,(H,22,26);4-7,10,12,21H,2-3,8-9H2,1H3;3-6,17H,7-9H2,1-2H3,(H,18,20);3-6,10,12,17-18H,1-2,7-9H2/t;10-,12+;;10-,12-/m.1.0/s1. The predicted octanol–water partition coefficient (Wildman–Crippen LogP) is 12.5. The number of piperazine rings is 1. The largest absolute Gasteiger partial charge is 0.416 e. The zero-order valence-corrected chi connectivity index (χ0v) is 52.6. The first-order valence-electron chi connectivity index (χ1n) is 30.6. The van der Waals surface area contributed by atoms with Crippen LogP contribution >= 0.6 is 34.8 Å². The lowest BCUT2D eigenvalue weighted by atomic mass is 9.81. The molecule has 7 N–H and O–H groups in total. The average molecular weight is 1270 g/mol. The van der Waals surface area contributed by atoms with Gasteiger partial charge in [0.25, 0.3) is 5.91 Å². The highest BCUT2D eigenvalue weighted by molar-refractivity contribution is 6.32. The number of alkyl halides is 3. The molecule has 3 amide bonds. The number of anilines is 5. The third kappa shape index (κ3) is 13.4. The maximum Gasteiger partial charge on any atom is 0.416 e. The Morgan fingerprint density at radius 1 is 0.607 bits per heavy atom. The van der Waals surface area contributed by atoms with Crippen LogP contribution in [0.5, 0.6) is 0 Å². The second-order valence-electron chi connectivity index (χ2n) is 24.9. The quantitative estimate of drug-likeness (QED) is 0.0783. The summed E-state index contributed by atoms with van der Waals surface area (Å²) in [5.74, 6) is 0.702. The molecule has 8 saturated heterocycles. The number of hydrogen-bond acceptors (Lipinski definition) is 9. The summed E-state index contributed by atoms with van der Waals surface area (Å²) in [6.07, 6.45) is 7.50. The molecule has 4 atom stereocenters. The van der Waals surface area contributed by atoms with Gasteiger partial charge in [0.05, 0.1) is 11.5 Å². The highest BCUT2D eigenvalue weighted by Gasteiger charge is 2.42. The summed E-state index contributed by atoms with van der Waals surface area (Å²) in [6, 6.07) is 31.0. The third-order valence-electron chi connectivity index (χ3n) is 18.6. The summed E-state index contributed by atoms with van der Waals surface area (Å²) >= 11 is 18.7. The molecule has 22 heteroatoms. The zero-order valence-electron chi connectivity index (χ0n) is 50.3. The van der Waals surface area contributed by atoms with E-state index in [1.165, 1.54) is 46.4 Å². The molecule has 0 spiro atoms. The van der Waals surface area contributed by atoms with E-state index in [0.29, 0.717) is 35.9 Å². The molecule has 0 aliphatic carbocycles. The van der Waals surface area contributed by atoms with E-state index in [0.717, 1.165) is 139 Å². The van der Waals surface area contributed by atoms with Crippen LogP contribution in [0.3, 0.4) is 0 Å². The van der Waals surface area contributed by atoms with Crippen LogP contribution in [0.15, 0.2) is 122 Å². The Labute approximate surface area is 530 Å². The normalized spacial score (nSPS) is 20.5. The van der Waals surface area contributed by atoms with Crippen LogP contribution in [0.4, 0.5) is 41.6 Å². The van der Waals surface area contributed by atoms with Crippen molar-refractivity contribution in [1.29, 1.82) is 0 Å². The second-order valence-corrected chi connectivity index (χ2v) is 26.2. The predicted molar refractivity (Wildman–Crippen MR) is 355 cm³/mol. The fourth-order valence-corrected chi connectivity index (χ4v) is 14.5. The molecule has 0 unspecified atom stereocenters. The minimum Gasteiger partial charge on any atom is -0.370 e. The molecule has 8 fully saturated rings. The first-order valence-corrected chi connectivity index (χ1v) is 31.7. The van der Waals surface area contributed by atoms with Crippen molar-refractivity contribution in [3.8, 4) is 0 Å². The molecular formula is C67H75Cl3F3N13O3. The number of aromatic nitrogens is 4. The SMILES string of the molecule is CC(=O)NCC1(C)CN(c2cc(Cl)cc3[nH]ccc23)C1.CN1C(=O)[C@@H]2CC[C@H]1CN(c1cc(C(F)(F)F)cc3[nH]ccc13)C2.CNC(=O)c1ccc(N2CCN(c3cc(Cl)cc4[nH]ccc34)CC2)cc1.Clc1cc(N2C[C@H]3CC[C@@H](C2)NC3)c2cc[nH]c2c1.